The summed E-state index contributed by atoms with van der Waals surface area (Å²) in [4.78, 5) is 16.8. The van der Waals surface area contributed by atoms with Gasteiger partial charge < -0.3 is 4.74 Å². The summed E-state index contributed by atoms with van der Waals surface area (Å²) >= 11 is 4.78. The van der Waals surface area contributed by atoms with Crippen molar-refractivity contribution in [2.75, 3.05) is 12.4 Å². The fourth-order valence-electron chi connectivity index (χ4n) is 2.05. The third-order valence-electron chi connectivity index (χ3n) is 3.21. The standard InChI is InChI=1S/C17H13BrN2O2S/c1-22-15-8-7-12(9-13(15)18)16(21)20-17-19-14(10-23-17)11-5-3-2-4-6-11/h2-10H,1H3,(H,19,20,21). The highest BCUT2D eigenvalue weighted by Crippen LogP contribution is 2.27. The van der Waals surface area contributed by atoms with E-state index < -0.39 is 0 Å². The number of rotatable bonds is 4. The lowest BCUT2D eigenvalue weighted by atomic mass is 10.2. The zero-order valence-corrected chi connectivity index (χ0v) is 14.6. The first-order valence-corrected chi connectivity index (χ1v) is 8.50. The molecule has 1 amide bonds. The molecule has 2 aromatic carbocycles. The first kappa shape index (κ1) is 15.7. The summed E-state index contributed by atoms with van der Waals surface area (Å²) in [6, 6.07) is 15.0. The Labute approximate surface area is 146 Å². The van der Waals surface area contributed by atoms with E-state index in [1.54, 1.807) is 25.3 Å². The zero-order valence-electron chi connectivity index (χ0n) is 12.2. The monoisotopic (exact) mass is 388 g/mol. The smallest absolute Gasteiger partial charge is 0.257 e. The molecule has 0 bridgehead atoms. The third kappa shape index (κ3) is 3.60. The van der Waals surface area contributed by atoms with E-state index in [4.69, 9.17) is 4.74 Å². The molecule has 116 valence electrons. The fraction of sp³-hybridized carbons (Fsp3) is 0.0588. The molecule has 23 heavy (non-hydrogen) atoms. The van der Waals surface area contributed by atoms with Crippen LogP contribution < -0.4 is 10.1 Å². The molecular formula is C17H13BrN2O2S. The summed E-state index contributed by atoms with van der Waals surface area (Å²) < 4.78 is 5.89. The maximum atomic E-state index is 12.3. The third-order valence-corrected chi connectivity index (χ3v) is 4.59. The number of anilines is 1. The van der Waals surface area contributed by atoms with Crippen molar-refractivity contribution in [3.63, 3.8) is 0 Å². The molecule has 3 aromatic rings. The van der Waals surface area contributed by atoms with Gasteiger partial charge in [0.1, 0.15) is 5.75 Å². The van der Waals surface area contributed by atoms with Gasteiger partial charge >= 0.3 is 0 Å². The van der Waals surface area contributed by atoms with E-state index in [0.29, 0.717) is 16.4 Å². The van der Waals surface area contributed by atoms with Crippen molar-refractivity contribution in [1.29, 1.82) is 0 Å². The van der Waals surface area contributed by atoms with Gasteiger partial charge in [0.2, 0.25) is 0 Å². The van der Waals surface area contributed by atoms with Gasteiger partial charge in [0, 0.05) is 16.5 Å². The Morgan fingerprint density at radius 3 is 2.70 bits per heavy atom. The molecule has 0 atom stereocenters. The molecule has 0 aliphatic heterocycles. The van der Waals surface area contributed by atoms with Crippen LogP contribution in [0.1, 0.15) is 10.4 Å². The molecule has 1 aromatic heterocycles. The molecular weight excluding hydrogens is 376 g/mol. The van der Waals surface area contributed by atoms with Crippen LogP contribution >= 0.6 is 27.3 Å². The molecule has 1 N–H and O–H groups in total. The molecule has 0 radical (unpaired) electrons. The van der Waals surface area contributed by atoms with Crippen LogP contribution in [0.15, 0.2) is 58.4 Å². The fourth-order valence-corrected chi connectivity index (χ4v) is 3.30. The molecule has 0 fully saturated rings. The number of hydrogen-bond acceptors (Lipinski definition) is 4. The minimum Gasteiger partial charge on any atom is -0.496 e. The van der Waals surface area contributed by atoms with Crippen LogP contribution in [0.25, 0.3) is 11.3 Å². The van der Waals surface area contributed by atoms with Crippen molar-refractivity contribution in [3.05, 3.63) is 63.9 Å². The Bertz CT molecular complexity index is 834. The van der Waals surface area contributed by atoms with Gasteiger partial charge in [-0.05, 0) is 34.1 Å². The first-order valence-electron chi connectivity index (χ1n) is 6.83. The highest BCUT2D eigenvalue weighted by molar-refractivity contribution is 9.10. The van der Waals surface area contributed by atoms with Gasteiger partial charge in [-0.25, -0.2) is 4.98 Å². The second kappa shape index (κ2) is 6.93. The number of carbonyl (C=O) groups excluding carboxylic acids is 1. The Kier molecular flexibility index (Phi) is 4.73. The number of methoxy groups -OCH3 is 1. The number of ether oxygens (including phenoxy) is 1. The molecule has 0 aliphatic carbocycles. The van der Waals surface area contributed by atoms with Crippen molar-refractivity contribution < 1.29 is 9.53 Å². The van der Waals surface area contributed by atoms with Crippen LogP contribution in [0.2, 0.25) is 0 Å². The summed E-state index contributed by atoms with van der Waals surface area (Å²) in [6.07, 6.45) is 0. The van der Waals surface area contributed by atoms with E-state index in [1.165, 1.54) is 11.3 Å². The van der Waals surface area contributed by atoms with Gasteiger partial charge in [-0.2, -0.15) is 0 Å². The van der Waals surface area contributed by atoms with Crippen molar-refractivity contribution >= 4 is 38.3 Å². The molecule has 0 aliphatic rings. The van der Waals surface area contributed by atoms with Gasteiger partial charge in [0.15, 0.2) is 5.13 Å². The minimum absolute atomic E-state index is 0.206. The lowest BCUT2D eigenvalue weighted by Crippen LogP contribution is -2.11. The summed E-state index contributed by atoms with van der Waals surface area (Å²) in [5.74, 6) is 0.476. The predicted octanol–water partition coefficient (Wildman–Crippen LogP) is 4.83. The quantitative estimate of drug-likeness (QED) is 0.695. The van der Waals surface area contributed by atoms with E-state index in [9.17, 15) is 4.79 Å². The zero-order chi connectivity index (χ0) is 16.2. The Hall–Kier alpha value is -2.18. The summed E-state index contributed by atoms with van der Waals surface area (Å²) in [5, 5.41) is 5.32. The van der Waals surface area contributed by atoms with E-state index in [0.717, 1.165) is 15.7 Å². The SMILES string of the molecule is COc1ccc(C(=O)Nc2nc(-c3ccccc3)cs2)cc1Br. The number of halogens is 1. The van der Waals surface area contributed by atoms with Gasteiger partial charge in [-0.1, -0.05) is 30.3 Å². The number of amides is 1. The van der Waals surface area contributed by atoms with E-state index >= 15 is 0 Å². The van der Waals surface area contributed by atoms with Gasteiger partial charge in [0.05, 0.1) is 17.3 Å². The number of nitrogens with one attached hydrogen (secondary N) is 1. The number of thiazole rings is 1. The Morgan fingerprint density at radius 1 is 1.22 bits per heavy atom. The van der Waals surface area contributed by atoms with Crippen LogP contribution in [0, 0.1) is 0 Å². The van der Waals surface area contributed by atoms with Crippen molar-refractivity contribution in [2.24, 2.45) is 0 Å². The van der Waals surface area contributed by atoms with Crippen molar-refractivity contribution in [2.45, 2.75) is 0 Å². The maximum absolute atomic E-state index is 12.3. The molecule has 3 rings (SSSR count). The summed E-state index contributed by atoms with van der Waals surface area (Å²) in [6.45, 7) is 0. The Morgan fingerprint density at radius 2 is 2.00 bits per heavy atom. The Balaban J connectivity index is 1.76. The van der Waals surface area contributed by atoms with E-state index in [-0.39, 0.29) is 5.91 Å². The minimum atomic E-state index is -0.206. The highest BCUT2D eigenvalue weighted by Gasteiger charge is 2.11. The molecule has 0 unspecified atom stereocenters. The number of aromatic nitrogens is 1. The van der Waals surface area contributed by atoms with Crippen molar-refractivity contribution in [3.8, 4) is 17.0 Å². The average molecular weight is 389 g/mol. The van der Waals surface area contributed by atoms with Crippen molar-refractivity contribution in [1.82, 2.24) is 4.98 Å². The van der Waals surface area contributed by atoms with E-state index in [2.05, 4.69) is 26.2 Å². The summed E-state index contributed by atoms with van der Waals surface area (Å²) in [7, 11) is 1.58. The number of hydrogen-bond donors (Lipinski definition) is 1. The van der Waals surface area contributed by atoms with Crippen LogP contribution in [-0.2, 0) is 0 Å². The van der Waals surface area contributed by atoms with E-state index in [1.807, 2.05) is 35.7 Å². The molecule has 0 saturated heterocycles. The largest absolute Gasteiger partial charge is 0.496 e. The average Bonchev–Trinajstić information content (AvgIpc) is 3.04. The normalized spacial score (nSPS) is 10.3. The number of nitrogens with zero attached hydrogens (tertiary/aromatic N) is 1. The molecule has 0 saturated carbocycles. The maximum Gasteiger partial charge on any atom is 0.257 e. The molecule has 6 heteroatoms. The van der Waals surface area contributed by atoms with Crippen LogP contribution in [-0.4, -0.2) is 18.0 Å². The van der Waals surface area contributed by atoms with Crippen LogP contribution in [0.4, 0.5) is 5.13 Å². The lowest BCUT2D eigenvalue weighted by molar-refractivity contribution is 0.102. The number of carbonyl (C=O) groups is 1. The van der Waals surface area contributed by atoms with Gasteiger partial charge in [-0.15, -0.1) is 11.3 Å². The molecule has 4 nitrogen and oxygen atoms in total. The van der Waals surface area contributed by atoms with Gasteiger partial charge in [0.25, 0.3) is 5.91 Å². The second-order valence-corrected chi connectivity index (χ2v) is 6.42. The highest BCUT2D eigenvalue weighted by atomic mass is 79.9. The first-order chi connectivity index (χ1) is 11.2. The molecule has 0 spiro atoms. The number of benzene rings is 2. The molecule has 1 heterocycles. The second-order valence-electron chi connectivity index (χ2n) is 4.71. The predicted molar refractivity (Wildman–Crippen MR) is 96.2 cm³/mol. The lowest BCUT2D eigenvalue weighted by Gasteiger charge is -2.06. The van der Waals surface area contributed by atoms with Crippen LogP contribution in [0.5, 0.6) is 5.75 Å². The van der Waals surface area contributed by atoms with Crippen LogP contribution in [0.3, 0.4) is 0 Å². The summed E-state index contributed by atoms with van der Waals surface area (Å²) in [5.41, 5.74) is 2.41. The van der Waals surface area contributed by atoms with Gasteiger partial charge in [-0.3, -0.25) is 10.1 Å². The topological polar surface area (TPSA) is 51.2 Å².